The number of ether oxygens (including phenoxy) is 1. The predicted octanol–water partition coefficient (Wildman–Crippen LogP) is 3.93. The van der Waals surface area contributed by atoms with Crippen LogP contribution in [-0.2, 0) is 20.7 Å². The SMILES string of the molecule is O=C1Nc2cc(C(=O)O)ccc2/C1=C(/Nc1ccc2c(c1)CCN2C(=O)CCN1CCOCC1)c1ccccc1. The van der Waals surface area contributed by atoms with Gasteiger partial charge in [-0.2, -0.15) is 0 Å². The molecule has 3 aliphatic rings. The monoisotopic (exact) mass is 538 g/mol. The number of hydrogen-bond donors (Lipinski definition) is 3. The van der Waals surface area contributed by atoms with Gasteiger partial charge in [-0.05, 0) is 47.9 Å². The molecule has 1 fully saturated rings. The lowest BCUT2D eigenvalue weighted by molar-refractivity contribution is -0.119. The van der Waals surface area contributed by atoms with Gasteiger partial charge in [0.2, 0.25) is 5.91 Å². The average Bonchev–Trinajstić information content (AvgIpc) is 3.55. The molecule has 2 amide bonds. The van der Waals surface area contributed by atoms with E-state index in [0.29, 0.717) is 48.7 Å². The van der Waals surface area contributed by atoms with Crippen molar-refractivity contribution in [1.29, 1.82) is 0 Å². The third kappa shape index (κ3) is 5.09. The lowest BCUT2D eigenvalue weighted by atomic mass is 9.99. The van der Waals surface area contributed by atoms with Crippen LogP contribution in [0.25, 0.3) is 11.3 Å². The first kappa shape index (κ1) is 25.8. The number of anilines is 3. The number of fused-ring (bicyclic) bond motifs is 2. The molecule has 9 heteroatoms. The van der Waals surface area contributed by atoms with E-state index < -0.39 is 5.97 Å². The van der Waals surface area contributed by atoms with E-state index in [0.717, 1.165) is 48.6 Å². The lowest BCUT2D eigenvalue weighted by Crippen LogP contribution is -2.39. The number of morpholine rings is 1. The van der Waals surface area contributed by atoms with Crippen molar-refractivity contribution in [1.82, 2.24) is 4.90 Å². The highest BCUT2D eigenvalue weighted by Gasteiger charge is 2.30. The fourth-order valence-electron chi connectivity index (χ4n) is 5.53. The summed E-state index contributed by atoms with van der Waals surface area (Å²) in [6, 6.07) is 20.1. The molecule has 0 unspecified atom stereocenters. The van der Waals surface area contributed by atoms with E-state index in [4.69, 9.17) is 4.74 Å². The summed E-state index contributed by atoms with van der Waals surface area (Å²) in [5, 5.41) is 15.7. The van der Waals surface area contributed by atoms with Crippen LogP contribution in [-0.4, -0.2) is 67.2 Å². The molecule has 40 heavy (non-hydrogen) atoms. The molecule has 0 bridgehead atoms. The normalized spacial score (nSPS) is 17.7. The number of hydrogen-bond acceptors (Lipinski definition) is 6. The molecule has 0 saturated carbocycles. The highest BCUT2D eigenvalue weighted by molar-refractivity contribution is 6.37. The van der Waals surface area contributed by atoms with Crippen LogP contribution >= 0.6 is 0 Å². The van der Waals surface area contributed by atoms with Crippen molar-refractivity contribution in [3.05, 3.63) is 89.0 Å². The molecule has 3 aliphatic heterocycles. The smallest absolute Gasteiger partial charge is 0.335 e. The van der Waals surface area contributed by atoms with Gasteiger partial charge >= 0.3 is 5.97 Å². The summed E-state index contributed by atoms with van der Waals surface area (Å²) in [5.41, 5.74) is 5.90. The van der Waals surface area contributed by atoms with Gasteiger partial charge in [-0.3, -0.25) is 14.5 Å². The molecule has 0 aromatic heterocycles. The Balaban J connectivity index is 1.27. The van der Waals surface area contributed by atoms with Crippen LogP contribution in [0.15, 0.2) is 66.7 Å². The van der Waals surface area contributed by atoms with Gasteiger partial charge in [-0.25, -0.2) is 4.79 Å². The average molecular weight is 539 g/mol. The van der Waals surface area contributed by atoms with Crippen molar-refractivity contribution >= 4 is 46.1 Å². The number of rotatable bonds is 7. The standard InChI is InChI=1S/C31H30N4O5/c36-27(11-12-34-14-16-40-17-15-34)35-13-10-21-18-23(7-9-26(21)35)32-29(20-4-2-1-3-5-20)28-24-8-6-22(31(38)39)19-25(24)33-30(28)37/h1-9,18-19,32H,10-17H2,(H,33,37)(H,38,39)/b29-28-. The van der Waals surface area contributed by atoms with E-state index in [1.807, 2.05) is 53.4 Å². The Hall–Kier alpha value is -4.47. The molecule has 0 spiro atoms. The Bertz CT molecular complexity index is 1510. The lowest BCUT2D eigenvalue weighted by Gasteiger charge is -2.27. The summed E-state index contributed by atoms with van der Waals surface area (Å²) in [7, 11) is 0. The van der Waals surface area contributed by atoms with E-state index in [1.54, 1.807) is 6.07 Å². The number of carboxylic acid groups (broad SMARTS) is 1. The van der Waals surface area contributed by atoms with Crippen LogP contribution in [0, 0.1) is 0 Å². The van der Waals surface area contributed by atoms with Gasteiger partial charge in [0.05, 0.1) is 35.7 Å². The molecule has 3 aromatic carbocycles. The number of carbonyl (C=O) groups is 3. The van der Waals surface area contributed by atoms with E-state index in [9.17, 15) is 19.5 Å². The maximum Gasteiger partial charge on any atom is 0.335 e. The summed E-state index contributed by atoms with van der Waals surface area (Å²) in [6.07, 6.45) is 1.23. The minimum atomic E-state index is -1.05. The van der Waals surface area contributed by atoms with Crippen LogP contribution in [0.3, 0.4) is 0 Å². The van der Waals surface area contributed by atoms with Crippen molar-refractivity contribution < 1.29 is 24.2 Å². The maximum atomic E-state index is 13.2. The van der Waals surface area contributed by atoms with E-state index in [2.05, 4.69) is 15.5 Å². The van der Waals surface area contributed by atoms with Gasteiger partial charge in [0.25, 0.3) is 5.91 Å². The zero-order valence-corrected chi connectivity index (χ0v) is 22.0. The first-order chi connectivity index (χ1) is 19.5. The molecule has 204 valence electrons. The highest BCUT2D eigenvalue weighted by Crippen LogP contribution is 2.39. The van der Waals surface area contributed by atoms with Crippen molar-refractivity contribution in [3.8, 4) is 0 Å². The van der Waals surface area contributed by atoms with Gasteiger partial charge in [0.1, 0.15) is 0 Å². The maximum absolute atomic E-state index is 13.2. The molecule has 0 radical (unpaired) electrons. The Morgan fingerprint density at radius 1 is 0.950 bits per heavy atom. The number of nitrogens with zero attached hydrogens (tertiary/aromatic N) is 2. The number of carbonyl (C=O) groups excluding carboxylic acids is 2. The first-order valence-corrected chi connectivity index (χ1v) is 13.5. The van der Waals surface area contributed by atoms with Crippen LogP contribution in [0.2, 0.25) is 0 Å². The Kier molecular flexibility index (Phi) is 7.06. The fraction of sp³-hybridized carbons (Fsp3) is 0.258. The molecular weight excluding hydrogens is 508 g/mol. The topological polar surface area (TPSA) is 111 Å². The zero-order valence-electron chi connectivity index (χ0n) is 22.0. The van der Waals surface area contributed by atoms with Crippen LogP contribution in [0.4, 0.5) is 17.1 Å². The summed E-state index contributed by atoms with van der Waals surface area (Å²) < 4.78 is 5.40. The van der Waals surface area contributed by atoms with E-state index in [-0.39, 0.29) is 17.4 Å². The number of benzene rings is 3. The largest absolute Gasteiger partial charge is 0.478 e. The molecule has 6 rings (SSSR count). The minimum absolute atomic E-state index is 0.109. The number of aromatic carboxylic acids is 1. The fourth-order valence-corrected chi connectivity index (χ4v) is 5.53. The van der Waals surface area contributed by atoms with Gasteiger partial charge in [-0.1, -0.05) is 36.4 Å². The molecular formula is C31H30N4O5. The molecule has 3 heterocycles. The summed E-state index contributed by atoms with van der Waals surface area (Å²) >= 11 is 0. The number of amides is 2. The van der Waals surface area contributed by atoms with Crippen LogP contribution < -0.4 is 15.5 Å². The summed E-state index contributed by atoms with van der Waals surface area (Å²) in [4.78, 5) is 41.8. The third-order valence-corrected chi connectivity index (χ3v) is 7.61. The quantitative estimate of drug-likeness (QED) is 0.391. The Morgan fingerprint density at radius 2 is 1.75 bits per heavy atom. The molecule has 3 N–H and O–H groups in total. The summed E-state index contributed by atoms with van der Waals surface area (Å²) in [5.74, 6) is -1.23. The number of nitrogens with one attached hydrogen (secondary N) is 2. The van der Waals surface area contributed by atoms with Crippen molar-refractivity contribution in [2.75, 3.05) is 54.9 Å². The van der Waals surface area contributed by atoms with Crippen LogP contribution in [0.5, 0.6) is 0 Å². The zero-order chi connectivity index (χ0) is 27.6. The van der Waals surface area contributed by atoms with Crippen molar-refractivity contribution in [2.24, 2.45) is 0 Å². The number of carboxylic acids is 1. The first-order valence-electron chi connectivity index (χ1n) is 13.5. The molecule has 0 atom stereocenters. The second kappa shape index (κ2) is 11.0. The summed E-state index contributed by atoms with van der Waals surface area (Å²) in [6.45, 7) is 4.54. The molecule has 9 nitrogen and oxygen atoms in total. The van der Waals surface area contributed by atoms with Crippen LogP contribution in [0.1, 0.15) is 33.5 Å². The van der Waals surface area contributed by atoms with E-state index >= 15 is 0 Å². The molecule has 0 aliphatic carbocycles. The van der Waals surface area contributed by atoms with Gasteiger partial charge in [0, 0.05) is 49.5 Å². The molecule has 1 saturated heterocycles. The minimum Gasteiger partial charge on any atom is -0.478 e. The Labute approximate surface area is 232 Å². The second-order valence-corrected chi connectivity index (χ2v) is 10.1. The Morgan fingerprint density at radius 3 is 2.52 bits per heavy atom. The predicted molar refractivity (Wildman–Crippen MR) is 153 cm³/mol. The van der Waals surface area contributed by atoms with Gasteiger partial charge in [0.15, 0.2) is 0 Å². The van der Waals surface area contributed by atoms with Crippen molar-refractivity contribution in [3.63, 3.8) is 0 Å². The van der Waals surface area contributed by atoms with Crippen molar-refractivity contribution in [2.45, 2.75) is 12.8 Å². The van der Waals surface area contributed by atoms with Gasteiger partial charge < -0.3 is 25.4 Å². The van der Waals surface area contributed by atoms with E-state index in [1.165, 1.54) is 12.1 Å². The second-order valence-electron chi connectivity index (χ2n) is 10.1. The third-order valence-electron chi connectivity index (χ3n) is 7.61. The molecule has 3 aromatic rings. The van der Waals surface area contributed by atoms with Gasteiger partial charge in [-0.15, -0.1) is 0 Å². The highest BCUT2D eigenvalue weighted by atomic mass is 16.5.